The van der Waals surface area contributed by atoms with E-state index in [0.29, 0.717) is 4.47 Å². The van der Waals surface area contributed by atoms with Gasteiger partial charge in [0.05, 0.1) is 4.47 Å². The summed E-state index contributed by atoms with van der Waals surface area (Å²) in [6.45, 7) is 3.96. The molecule has 0 saturated carbocycles. The van der Waals surface area contributed by atoms with Crippen LogP contribution in [0.2, 0.25) is 0 Å². The van der Waals surface area contributed by atoms with E-state index < -0.39 is 0 Å². The van der Waals surface area contributed by atoms with Crippen LogP contribution in [0.4, 0.5) is 10.1 Å². The van der Waals surface area contributed by atoms with E-state index in [-0.39, 0.29) is 11.9 Å². The predicted octanol–water partition coefficient (Wildman–Crippen LogP) is 6.59. The summed E-state index contributed by atoms with van der Waals surface area (Å²) in [6, 6.07) is 9.48. The van der Waals surface area contributed by atoms with Gasteiger partial charge < -0.3 is 5.32 Å². The van der Waals surface area contributed by atoms with E-state index in [0.717, 1.165) is 25.8 Å². The van der Waals surface area contributed by atoms with Crippen molar-refractivity contribution in [2.75, 3.05) is 5.32 Å². The van der Waals surface area contributed by atoms with Gasteiger partial charge in [-0.25, -0.2) is 4.39 Å². The van der Waals surface area contributed by atoms with Crippen LogP contribution in [0.1, 0.15) is 24.1 Å². The Morgan fingerprint density at radius 1 is 1.05 bits per heavy atom. The lowest BCUT2D eigenvalue weighted by Gasteiger charge is -2.19. The third kappa shape index (κ3) is 3.62. The quantitative estimate of drug-likeness (QED) is 0.538. The SMILES string of the molecule is Cc1cc(F)c(Br)cc1NC(C)c1ccc(Br)cc1Br. The maximum absolute atomic E-state index is 13.4. The normalized spacial score (nSPS) is 12.3. The molecule has 2 aromatic rings. The van der Waals surface area contributed by atoms with Gasteiger partial charge in [0.25, 0.3) is 0 Å². The monoisotopic (exact) mass is 463 g/mol. The maximum atomic E-state index is 13.4. The summed E-state index contributed by atoms with van der Waals surface area (Å²) in [5, 5.41) is 3.41. The van der Waals surface area contributed by atoms with E-state index in [4.69, 9.17) is 0 Å². The molecule has 0 radical (unpaired) electrons. The summed E-state index contributed by atoms with van der Waals surface area (Å²) in [7, 11) is 0. The van der Waals surface area contributed by atoms with E-state index in [2.05, 4.69) is 66.1 Å². The van der Waals surface area contributed by atoms with E-state index in [1.54, 1.807) is 6.07 Å². The zero-order chi connectivity index (χ0) is 14.9. The second kappa shape index (κ2) is 6.58. The zero-order valence-corrected chi connectivity index (χ0v) is 15.7. The summed E-state index contributed by atoms with van der Waals surface area (Å²) < 4.78 is 16.0. The van der Waals surface area contributed by atoms with E-state index in [1.165, 1.54) is 6.07 Å². The van der Waals surface area contributed by atoms with Gasteiger partial charge in [0.2, 0.25) is 0 Å². The Bertz CT molecular complexity index is 643. The van der Waals surface area contributed by atoms with Gasteiger partial charge in [-0.3, -0.25) is 0 Å². The van der Waals surface area contributed by atoms with Crippen molar-refractivity contribution >= 4 is 53.5 Å². The Balaban J connectivity index is 2.27. The van der Waals surface area contributed by atoms with Crippen LogP contribution in [0, 0.1) is 12.7 Å². The molecule has 20 heavy (non-hydrogen) atoms. The standard InChI is InChI=1S/C15H13Br3FN/c1-8-5-14(19)13(18)7-15(8)20-9(2)11-4-3-10(16)6-12(11)17/h3-7,9,20H,1-2H3. The molecule has 1 nitrogen and oxygen atoms in total. The third-order valence-electron chi connectivity index (χ3n) is 3.07. The highest BCUT2D eigenvalue weighted by atomic mass is 79.9. The van der Waals surface area contributed by atoms with Crippen molar-refractivity contribution in [2.45, 2.75) is 19.9 Å². The molecule has 0 fully saturated rings. The number of benzene rings is 2. The molecule has 0 aromatic heterocycles. The summed E-state index contributed by atoms with van der Waals surface area (Å²) in [5.41, 5.74) is 2.94. The van der Waals surface area contributed by atoms with Crippen molar-refractivity contribution in [1.29, 1.82) is 0 Å². The Kier molecular flexibility index (Phi) is 5.26. The van der Waals surface area contributed by atoms with Gasteiger partial charge in [0.15, 0.2) is 0 Å². The molecule has 106 valence electrons. The topological polar surface area (TPSA) is 12.0 Å². The highest BCUT2D eigenvalue weighted by molar-refractivity contribution is 9.11. The van der Waals surface area contributed by atoms with Crippen molar-refractivity contribution in [3.8, 4) is 0 Å². The molecule has 1 N–H and O–H groups in total. The van der Waals surface area contributed by atoms with Gasteiger partial charge >= 0.3 is 0 Å². The molecule has 0 aliphatic carbocycles. The van der Waals surface area contributed by atoms with Gasteiger partial charge in [0.1, 0.15) is 5.82 Å². The molecule has 0 spiro atoms. The Hall–Kier alpha value is -0.390. The van der Waals surface area contributed by atoms with Crippen molar-refractivity contribution in [2.24, 2.45) is 0 Å². The van der Waals surface area contributed by atoms with E-state index in [9.17, 15) is 4.39 Å². The van der Waals surface area contributed by atoms with Crippen LogP contribution < -0.4 is 5.32 Å². The molecule has 2 rings (SSSR count). The minimum absolute atomic E-state index is 0.105. The Labute approximate surface area is 143 Å². The Morgan fingerprint density at radius 3 is 2.40 bits per heavy atom. The first-order valence-electron chi connectivity index (χ1n) is 6.05. The van der Waals surface area contributed by atoms with Crippen LogP contribution in [0.3, 0.4) is 0 Å². The molecule has 0 amide bonds. The summed E-state index contributed by atoms with van der Waals surface area (Å²) in [4.78, 5) is 0. The number of halogens is 4. The number of rotatable bonds is 3. The fraction of sp³-hybridized carbons (Fsp3) is 0.200. The molecule has 0 heterocycles. The smallest absolute Gasteiger partial charge is 0.137 e. The van der Waals surface area contributed by atoms with Crippen LogP contribution in [0.5, 0.6) is 0 Å². The number of anilines is 1. The minimum Gasteiger partial charge on any atom is -0.378 e. The van der Waals surface area contributed by atoms with Crippen LogP contribution in [-0.4, -0.2) is 0 Å². The van der Waals surface area contributed by atoms with Crippen LogP contribution in [-0.2, 0) is 0 Å². The molecule has 0 bridgehead atoms. The fourth-order valence-electron chi connectivity index (χ4n) is 1.97. The summed E-state index contributed by atoms with van der Waals surface area (Å²) >= 11 is 10.2. The zero-order valence-electron chi connectivity index (χ0n) is 11.0. The molecule has 5 heteroatoms. The van der Waals surface area contributed by atoms with Crippen LogP contribution in [0.15, 0.2) is 43.7 Å². The summed E-state index contributed by atoms with van der Waals surface area (Å²) in [5.74, 6) is -0.245. The van der Waals surface area contributed by atoms with Gasteiger partial charge in [0, 0.05) is 20.7 Å². The molecule has 0 aliphatic heterocycles. The number of hydrogen-bond acceptors (Lipinski definition) is 1. The molecule has 1 atom stereocenters. The minimum atomic E-state index is -0.245. The first-order chi connectivity index (χ1) is 9.38. The molecule has 2 aromatic carbocycles. The average molecular weight is 466 g/mol. The van der Waals surface area contributed by atoms with Crippen LogP contribution >= 0.6 is 47.8 Å². The van der Waals surface area contributed by atoms with E-state index in [1.807, 2.05) is 19.1 Å². The highest BCUT2D eigenvalue weighted by Crippen LogP contribution is 2.31. The number of hydrogen-bond donors (Lipinski definition) is 1. The molecular formula is C15H13Br3FN. The van der Waals surface area contributed by atoms with Gasteiger partial charge in [-0.2, -0.15) is 0 Å². The lowest BCUT2D eigenvalue weighted by molar-refractivity contribution is 0.620. The first-order valence-corrected chi connectivity index (χ1v) is 8.43. The highest BCUT2D eigenvalue weighted by Gasteiger charge is 2.12. The molecule has 0 aliphatic rings. The molecule has 0 saturated heterocycles. The lowest BCUT2D eigenvalue weighted by atomic mass is 10.1. The fourth-order valence-corrected chi connectivity index (χ4v) is 3.70. The molecule has 1 unspecified atom stereocenters. The predicted molar refractivity (Wildman–Crippen MR) is 92.7 cm³/mol. The van der Waals surface area contributed by atoms with Crippen molar-refractivity contribution in [1.82, 2.24) is 0 Å². The number of aryl methyl sites for hydroxylation is 1. The van der Waals surface area contributed by atoms with Gasteiger partial charge in [-0.1, -0.05) is 37.9 Å². The first kappa shape index (κ1) is 16.0. The second-order valence-corrected chi connectivity index (χ2v) is 7.24. The third-order valence-corrected chi connectivity index (χ3v) is 4.86. The van der Waals surface area contributed by atoms with E-state index >= 15 is 0 Å². The van der Waals surface area contributed by atoms with Crippen molar-refractivity contribution in [3.63, 3.8) is 0 Å². The van der Waals surface area contributed by atoms with Gasteiger partial charge in [-0.05, 0) is 65.2 Å². The summed E-state index contributed by atoms with van der Waals surface area (Å²) in [6.07, 6.45) is 0. The number of nitrogens with one attached hydrogen (secondary N) is 1. The Morgan fingerprint density at radius 2 is 1.75 bits per heavy atom. The average Bonchev–Trinajstić information content (AvgIpc) is 2.35. The van der Waals surface area contributed by atoms with Gasteiger partial charge in [-0.15, -0.1) is 0 Å². The van der Waals surface area contributed by atoms with Crippen molar-refractivity contribution < 1.29 is 4.39 Å². The second-order valence-electron chi connectivity index (χ2n) is 4.61. The molecular weight excluding hydrogens is 453 g/mol. The largest absolute Gasteiger partial charge is 0.378 e. The maximum Gasteiger partial charge on any atom is 0.137 e. The lowest BCUT2D eigenvalue weighted by Crippen LogP contribution is -2.08. The van der Waals surface area contributed by atoms with Crippen molar-refractivity contribution in [3.05, 3.63) is 60.7 Å². The van der Waals surface area contributed by atoms with Crippen LogP contribution in [0.25, 0.3) is 0 Å².